The molecule has 3 rings (SSSR count). The summed E-state index contributed by atoms with van der Waals surface area (Å²) in [6.45, 7) is 6.48. The van der Waals surface area contributed by atoms with Crippen LogP contribution in [0.4, 0.5) is 0 Å². The molecule has 8 nitrogen and oxygen atoms in total. The number of carbonyl (C=O) groups excluding carboxylic acids is 2. The second-order valence-electron chi connectivity index (χ2n) is 6.76. The standard InChI is InChI=1S/C18H24N6O2/c1-12(2)24-17(6-7-21-24)18(26)23-8-4-5-16(23)15-11-19-9-14(22-15)10-20-13(3)25/h6-7,9,11-12,16H,4-5,8,10H2,1-3H3,(H,20,25). The van der Waals surface area contributed by atoms with E-state index in [2.05, 4.69) is 20.4 Å². The normalized spacial score (nSPS) is 16.9. The molecule has 1 aliphatic heterocycles. The molecule has 0 aliphatic carbocycles. The minimum Gasteiger partial charge on any atom is -0.351 e. The van der Waals surface area contributed by atoms with Crippen molar-refractivity contribution < 1.29 is 9.59 Å². The Morgan fingerprint density at radius 2 is 2.15 bits per heavy atom. The average molecular weight is 356 g/mol. The number of likely N-dealkylation sites (tertiary alicyclic amines) is 1. The van der Waals surface area contributed by atoms with Gasteiger partial charge in [-0.05, 0) is 32.8 Å². The van der Waals surface area contributed by atoms with E-state index in [1.54, 1.807) is 29.3 Å². The van der Waals surface area contributed by atoms with Crippen molar-refractivity contribution in [2.45, 2.75) is 52.2 Å². The van der Waals surface area contributed by atoms with Gasteiger partial charge in [0.1, 0.15) is 5.69 Å². The molecule has 1 atom stereocenters. The molecule has 138 valence electrons. The molecule has 0 radical (unpaired) electrons. The molecule has 0 bridgehead atoms. The molecule has 0 saturated carbocycles. The van der Waals surface area contributed by atoms with Crippen LogP contribution in [-0.4, -0.2) is 43.0 Å². The molecule has 8 heteroatoms. The van der Waals surface area contributed by atoms with Crippen LogP contribution in [0, 0.1) is 0 Å². The summed E-state index contributed by atoms with van der Waals surface area (Å²) in [5.41, 5.74) is 2.03. The van der Waals surface area contributed by atoms with Gasteiger partial charge in [0, 0.05) is 25.7 Å². The molecule has 2 aromatic heterocycles. The average Bonchev–Trinajstić information content (AvgIpc) is 3.29. The van der Waals surface area contributed by atoms with Crippen molar-refractivity contribution in [1.82, 2.24) is 30.0 Å². The van der Waals surface area contributed by atoms with Crippen LogP contribution in [0.3, 0.4) is 0 Å². The molecule has 0 aromatic carbocycles. The zero-order valence-electron chi connectivity index (χ0n) is 15.3. The Kier molecular flexibility index (Phi) is 5.29. The maximum absolute atomic E-state index is 13.1. The van der Waals surface area contributed by atoms with E-state index in [0.29, 0.717) is 24.5 Å². The number of aromatic nitrogens is 4. The zero-order valence-corrected chi connectivity index (χ0v) is 15.3. The summed E-state index contributed by atoms with van der Waals surface area (Å²) in [6.07, 6.45) is 6.76. The first-order valence-corrected chi connectivity index (χ1v) is 8.87. The third kappa shape index (κ3) is 3.74. The number of nitrogens with one attached hydrogen (secondary N) is 1. The van der Waals surface area contributed by atoms with Crippen LogP contribution in [0.2, 0.25) is 0 Å². The molecule has 1 fully saturated rings. The molecule has 1 unspecified atom stereocenters. The van der Waals surface area contributed by atoms with Crippen LogP contribution in [-0.2, 0) is 11.3 Å². The number of rotatable bonds is 5. The van der Waals surface area contributed by atoms with Gasteiger partial charge in [0.25, 0.3) is 5.91 Å². The van der Waals surface area contributed by atoms with E-state index in [4.69, 9.17) is 0 Å². The fourth-order valence-corrected chi connectivity index (χ4v) is 3.24. The predicted molar refractivity (Wildman–Crippen MR) is 95.2 cm³/mol. The van der Waals surface area contributed by atoms with Gasteiger partial charge >= 0.3 is 0 Å². The largest absolute Gasteiger partial charge is 0.351 e. The fraction of sp³-hybridized carbons (Fsp3) is 0.500. The minimum absolute atomic E-state index is 0.0345. The Labute approximate surface area is 152 Å². The summed E-state index contributed by atoms with van der Waals surface area (Å²) in [6, 6.07) is 1.77. The van der Waals surface area contributed by atoms with Crippen LogP contribution in [0.1, 0.15) is 67.6 Å². The lowest BCUT2D eigenvalue weighted by Crippen LogP contribution is -2.33. The van der Waals surface area contributed by atoms with Gasteiger partial charge in [0.2, 0.25) is 5.91 Å². The first-order valence-electron chi connectivity index (χ1n) is 8.87. The maximum Gasteiger partial charge on any atom is 0.272 e. The highest BCUT2D eigenvalue weighted by Gasteiger charge is 2.33. The van der Waals surface area contributed by atoms with Gasteiger partial charge in [-0.1, -0.05) is 0 Å². The predicted octanol–water partition coefficient (Wildman–Crippen LogP) is 1.87. The van der Waals surface area contributed by atoms with E-state index in [1.807, 2.05) is 18.7 Å². The van der Waals surface area contributed by atoms with Crippen molar-refractivity contribution >= 4 is 11.8 Å². The van der Waals surface area contributed by atoms with Gasteiger partial charge in [-0.25, -0.2) is 0 Å². The Morgan fingerprint density at radius 1 is 1.35 bits per heavy atom. The lowest BCUT2D eigenvalue weighted by atomic mass is 10.1. The van der Waals surface area contributed by atoms with E-state index in [-0.39, 0.29) is 23.9 Å². The molecule has 1 aliphatic rings. The summed E-state index contributed by atoms with van der Waals surface area (Å²) in [4.78, 5) is 34.9. The number of hydrogen-bond acceptors (Lipinski definition) is 5. The minimum atomic E-state index is -0.114. The van der Waals surface area contributed by atoms with Gasteiger partial charge < -0.3 is 10.2 Å². The summed E-state index contributed by atoms with van der Waals surface area (Å²) in [5, 5.41) is 6.98. The van der Waals surface area contributed by atoms with Crippen LogP contribution in [0.15, 0.2) is 24.7 Å². The maximum atomic E-state index is 13.1. The van der Waals surface area contributed by atoms with E-state index < -0.39 is 0 Å². The van der Waals surface area contributed by atoms with Crippen molar-refractivity contribution in [3.63, 3.8) is 0 Å². The molecular formula is C18H24N6O2. The number of amides is 2. The molecule has 1 saturated heterocycles. The number of carbonyl (C=O) groups is 2. The number of hydrogen-bond donors (Lipinski definition) is 1. The van der Waals surface area contributed by atoms with E-state index in [0.717, 1.165) is 18.5 Å². The molecule has 1 N–H and O–H groups in total. The number of nitrogens with zero attached hydrogens (tertiary/aromatic N) is 5. The van der Waals surface area contributed by atoms with Crippen molar-refractivity contribution in [2.24, 2.45) is 0 Å². The molecule has 26 heavy (non-hydrogen) atoms. The smallest absolute Gasteiger partial charge is 0.272 e. The van der Waals surface area contributed by atoms with Crippen LogP contribution in [0.5, 0.6) is 0 Å². The molecular weight excluding hydrogens is 332 g/mol. The van der Waals surface area contributed by atoms with Crippen molar-refractivity contribution in [3.8, 4) is 0 Å². The van der Waals surface area contributed by atoms with Crippen molar-refractivity contribution in [3.05, 3.63) is 41.7 Å². The second kappa shape index (κ2) is 7.63. The SMILES string of the molecule is CC(=O)NCc1cncc(C2CCCN2C(=O)c2ccnn2C(C)C)n1. The highest BCUT2D eigenvalue weighted by molar-refractivity contribution is 5.93. The first-order chi connectivity index (χ1) is 12.5. The highest BCUT2D eigenvalue weighted by Crippen LogP contribution is 2.32. The van der Waals surface area contributed by atoms with Gasteiger partial charge in [-0.2, -0.15) is 5.10 Å². The van der Waals surface area contributed by atoms with Crippen molar-refractivity contribution in [2.75, 3.05) is 6.54 Å². The third-order valence-corrected chi connectivity index (χ3v) is 4.46. The monoisotopic (exact) mass is 356 g/mol. The quantitative estimate of drug-likeness (QED) is 0.883. The summed E-state index contributed by atoms with van der Waals surface area (Å²) in [7, 11) is 0. The summed E-state index contributed by atoms with van der Waals surface area (Å²) < 4.78 is 1.75. The Morgan fingerprint density at radius 3 is 2.88 bits per heavy atom. The summed E-state index contributed by atoms with van der Waals surface area (Å²) in [5.74, 6) is -0.149. The van der Waals surface area contributed by atoms with Crippen molar-refractivity contribution in [1.29, 1.82) is 0 Å². The Balaban J connectivity index is 1.82. The van der Waals surface area contributed by atoms with E-state index in [1.165, 1.54) is 6.92 Å². The van der Waals surface area contributed by atoms with E-state index in [9.17, 15) is 9.59 Å². The second-order valence-corrected chi connectivity index (χ2v) is 6.76. The first kappa shape index (κ1) is 18.0. The lowest BCUT2D eigenvalue weighted by Gasteiger charge is -2.25. The summed E-state index contributed by atoms with van der Waals surface area (Å²) >= 11 is 0. The van der Waals surface area contributed by atoms with E-state index >= 15 is 0 Å². The third-order valence-electron chi connectivity index (χ3n) is 4.46. The lowest BCUT2D eigenvalue weighted by molar-refractivity contribution is -0.119. The van der Waals surface area contributed by atoms with Gasteiger partial charge in [0.05, 0.1) is 36.4 Å². The van der Waals surface area contributed by atoms with Gasteiger partial charge in [0.15, 0.2) is 0 Å². The molecule has 3 heterocycles. The van der Waals surface area contributed by atoms with Gasteiger partial charge in [-0.15, -0.1) is 0 Å². The topological polar surface area (TPSA) is 93.0 Å². The highest BCUT2D eigenvalue weighted by atomic mass is 16.2. The molecule has 2 amide bonds. The van der Waals surface area contributed by atoms with Crippen LogP contribution < -0.4 is 5.32 Å². The van der Waals surface area contributed by atoms with Crippen LogP contribution >= 0.6 is 0 Å². The van der Waals surface area contributed by atoms with Gasteiger partial charge in [-0.3, -0.25) is 24.2 Å². The Bertz CT molecular complexity index is 800. The van der Waals surface area contributed by atoms with Crippen LogP contribution in [0.25, 0.3) is 0 Å². The molecule has 2 aromatic rings. The Hall–Kier alpha value is -2.77. The zero-order chi connectivity index (χ0) is 18.7. The fourth-order valence-electron chi connectivity index (χ4n) is 3.24. The molecule has 0 spiro atoms.